The maximum absolute atomic E-state index is 10.4. The van der Waals surface area contributed by atoms with Gasteiger partial charge in [-0.15, -0.1) is 0 Å². The second-order valence-corrected chi connectivity index (χ2v) is 1.93. The fourth-order valence-corrected chi connectivity index (χ4v) is 0.479. The molecule has 0 aliphatic rings. The van der Waals surface area contributed by atoms with E-state index >= 15 is 0 Å². The molecule has 48 valence electrons. The molecule has 8 heavy (non-hydrogen) atoms. The van der Waals surface area contributed by atoms with Crippen LogP contribution < -0.4 is 5.73 Å². The molecule has 1 atom stereocenters. The summed E-state index contributed by atoms with van der Waals surface area (Å²) in [7, 11) is 1.31. The summed E-state index contributed by atoms with van der Waals surface area (Å²) in [4.78, 5) is 10.4. The van der Waals surface area contributed by atoms with Gasteiger partial charge in [0.05, 0.1) is 7.11 Å². The van der Waals surface area contributed by atoms with Gasteiger partial charge in [-0.3, -0.25) is 4.79 Å². The summed E-state index contributed by atoms with van der Waals surface area (Å²) in [6.07, 6.45) is 0. The number of nitrogens with two attached hydrogens (primary N) is 1. The van der Waals surface area contributed by atoms with E-state index < -0.39 is 6.04 Å². The fraction of sp³-hybridized carbons (Fsp3) is 0.750. The van der Waals surface area contributed by atoms with Crippen molar-refractivity contribution in [2.24, 2.45) is 5.73 Å². The normalized spacial score (nSPS) is 12.9. The van der Waals surface area contributed by atoms with Gasteiger partial charge >= 0.3 is 5.97 Å². The molecule has 0 amide bonds. The Morgan fingerprint density at radius 3 is 2.62 bits per heavy atom. The molecule has 0 aromatic rings. The summed E-state index contributed by atoms with van der Waals surface area (Å²) in [5, 5.41) is 0.444. The molecule has 0 spiro atoms. The van der Waals surface area contributed by atoms with E-state index in [1.165, 1.54) is 7.11 Å². The van der Waals surface area contributed by atoms with Crippen LogP contribution in [0.15, 0.2) is 0 Å². The van der Waals surface area contributed by atoms with Crippen molar-refractivity contribution in [3.8, 4) is 0 Å². The number of esters is 1. The van der Waals surface area contributed by atoms with Crippen LogP contribution in [0.25, 0.3) is 0 Å². The first-order valence-corrected chi connectivity index (χ1v) is 3.24. The van der Waals surface area contributed by atoms with E-state index in [2.05, 4.69) is 20.7 Å². The summed E-state index contributed by atoms with van der Waals surface area (Å²) in [6.45, 7) is 0. The largest absolute Gasteiger partial charge is 0.468 e. The first kappa shape index (κ1) is 7.91. The minimum absolute atomic E-state index is 0.387. The van der Waals surface area contributed by atoms with Crippen LogP contribution in [-0.2, 0) is 9.53 Å². The summed E-state index contributed by atoms with van der Waals surface area (Å²) in [5.74, 6) is -0.387. The van der Waals surface area contributed by atoms with Crippen LogP contribution >= 0.6 is 15.9 Å². The van der Waals surface area contributed by atoms with Crippen LogP contribution in [0.5, 0.6) is 0 Å². The highest BCUT2D eigenvalue weighted by atomic mass is 79.9. The first-order chi connectivity index (χ1) is 3.72. The lowest BCUT2D eigenvalue weighted by molar-refractivity contribution is -0.141. The molecule has 0 unspecified atom stereocenters. The van der Waals surface area contributed by atoms with E-state index in [0.717, 1.165) is 0 Å². The zero-order valence-electron chi connectivity index (χ0n) is 4.56. The van der Waals surface area contributed by atoms with Gasteiger partial charge in [-0.2, -0.15) is 0 Å². The van der Waals surface area contributed by atoms with Crippen molar-refractivity contribution in [3.05, 3.63) is 0 Å². The van der Waals surface area contributed by atoms with E-state index in [1.807, 2.05) is 0 Å². The van der Waals surface area contributed by atoms with Crippen molar-refractivity contribution in [3.63, 3.8) is 0 Å². The fourth-order valence-electron chi connectivity index (χ4n) is 0.214. The Hall–Kier alpha value is -0.0900. The molecule has 4 heteroatoms. The molecule has 0 aliphatic heterocycles. The summed E-state index contributed by atoms with van der Waals surface area (Å²) < 4.78 is 4.31. The van der Waals surface area contributed by atoms with Gasteiger partial charge in [0.1, 0.15) is 6.04 Å². The summed E-state index contributed by atoms with van der Waals surface area (Å²) in [5.41, 5.74) is 5.21. The predicted molar refractivity (Wildman–Crippen MR) is 33.8 cm³/mol. The molecule has 2 N–H and O–H groups in total. The maximum atomic E-state index is 10.4. The van der Waals surface area contributed by atoms with Crippen LogP contribution in [0.1, 0.15) is 0 Å². The molecule has 0 aromatic heterocycles. The number of halogens is 1. The standard InChI is InChI=1S/C4H8BrNO2/c1-8-4(7)3(6)2-5/h3H,2,6H2,1H3/t3-/m0/s1. The molecule has 0 bridgehead atoms. The monoisotopic (exact) mass is 181 g/mol. The number of hydrogen-bond acceptors (Lipinski definition) is 3. The van der Waals surface area contributed by atoms with Gasteiger partial charge in [-0.05, 0) is 0 Å². The zero-order chi connectivity index (χ0) is 6.57. The van der Waals surface area contributed by atoms with E-state index in [1.54, 1.807) is 0 Å². The number of rotatable bonds is 2. The quantitative estimate of drug-likeness (QED) is 0.478. The summed E-state index contributed by atoms with van der Waals surface area (Å²) in [6, 6.07) is -0.528. The summed E-state index contributed by atoms with van der Waals surface area (Å²) >= 11 is 3.03. The number of carbonyl (C=O) groups excluding carboxylic acids is 1. The highest BCUT2D eigenvalue weighted by Gasteiger charge is 2.09. The van der Waals surface area contributed by atoms with Crippen LogP contribution in [0.4, 0.5) is 0 Å². The van der Waals surface area contributed by atoms with Gasteiger partial charge < -0.3 is 10.5 Å². The molecule has 0 fully saturated rings. The third kappa shape index (κ3) is 2.28. The van der Waals surface area contributed by atoms with Crippen molar-refractivity contribution < 1.29 is 9.53 Å². The second-order valence-electron chi connectivity index (χ2n) is 1.28. The SMILES string of the molecule is COC(=O)[C@@H](N)CBr. The molecule has 0 aliphatic carbocycles. The average molecular weight is 182 g/mol. The molecular formula is C4H8BrNO2. The van der Waals surface area contributed by atoms with Crippen LogP contribution in [-0.4, -0.2) is 24.5 Å². The van der Waals surface area contributed by atoms with Gasteiger partial charge in [0.25, 0.3) is 0 Å². The van der Waals surface area contributed by atoms with Gasteiger partial charge in [-0.25, -0.2) is 0 Å². The lowest BCUT2D eigenvalue weighted by Crippen LogP contribution is -2.32. The van der Waals surface area contributed by atoms with Gasteiger partial charge in [0.2, 0.25) is 0 Å². The lowest BCUT2D eigenvalue weighted by atomic mass is 10.4. The molecule has 0 rings (SSSR count). The molecule has 0 saturated carbocycles. The zero-order valence-corrected chi connectivity index (χ0v) is 6.14. The number of carbonyl (C=O) groups is 1. The number of alkyl halides is 1. The number of ether oxygens (including phenoxy) is 1. The Morgan fingerprint density at radius 2 is 2.50 bits per heavy atom. The minimum atomic E-state index is -0.528. The van der Waals surface area contributed by atoms with Crippen molar-refractivity contribution in [2.45, 2.75) is 6.04 Å². The van der Waals surface area contributed by atoms with Gasteiger partial charge in [0, 0.05) is 5.33 Å². The van der Waals surface area contributed by atoms with E-state index in [9.17, 15) is 4.79 Å². The van der Waals surface area contributed by atoms with Gasteiger partial charge in [-0.1, -0.05) is 15.9 Å². The first-order valence-electron chi connectivity index (χ1n) is 2.11. The van der Waals surface area contributed by atoms with Crippen molar-refractivity contribution in [2.75, 3.05) is 12.4 Å². The Kier molecular flexibility index (Phi) is 3.81. The van der Waals surface area contributed by atoms with E-state index in [4.69, 9.17) is 5.73 Å². The van der Waals surface area contributed by atoms with E-state index in [-0.39, 0.29) is 5.97 Å². The maximum Gasteiger partial charge on any atom is 0.323 e. The predicted octanol–water partition coefficient (Wildman–Crippen LogP) is -0.118. The molecule has 0 aromatic carbocycles. The Morgan fingerprint density at radius 1 is 2.00 bits per heavy atom. The van der Waals surface area contributed by atoms with Crippen molar-refractivity contribution in [1.29, 1.82) is 0 Å². The number of hydrogen-bond donors (Lipinski definition) is 1. The highest BCUT2D eigenvalue weighted by molar-refractivity contribution is 9.09. The molecule has 0 heterocycles. The third-order valence-corrected chi connectivity index (χ3v) is 1.37. The van der Waals surface area contributed by atoms with Crippen LogP contribution in [0, 0.1) is 0 Å². The third-order valence-electron chi connectivity index (χ3n) is 0.670. The minimum Gasteiger partial charge on any atom is -0.468 e. The van der Waals surface area contributed by atoms with Crippen LogP contribution in [0.3, 0.4) is 0 Å². The Labute approximate surface area is 56.3 Å². The molecule has 0 saturated heterocycles. The lowest BCUT2D eigenvalue weighted by Gasteiger charge is -2.02. The van der Waals surface area contributed by atoms with Crippen LogP contribution in [0.2, 0.25) is 0 Å². The second kappa shape index (κ2) is 3.86. The Bertz CT molecular complexity index is 86.1. The highest BCUT2D eigenvalue weighted by Crippen LogP contribution is 1.88. The van der Waals surface area contributed by atoms with E-state index in [0.29, 0.717) is 5.33 Å². The molecule has 3 nitrogen and oxygen atoms in total. The smallest absolute Gasteiger partial charge is 0.323 e. The average Bonchev–Trinajstić information content (AvgIpc) is 1.84. The molecule has 0 radical (unpaired) electrons. The topological polar surface area (TPSA) is 52.3 Å². The number of methoxy groups -OCH3 is 1. The van der Waals surface area contributed by atoms with Gasteiger partial charge in [0.15, 0.2) is 0 Å². The van der Waals surface area contributed by atoms with Crippen molar-refractivity contribution in [1.82, 2.24) is 0 Å². The van der Waals surface area contributed by atoms with Crippen molar-refractivity contribution >= 4 is 21.9 Å². The molecular weight excluding hydrogens is 174 g/mol. The Balaban J connectivity index is 3.46.